The molecule has 10 heteroatoms. The van der Waals surface area contributed by atoms with Crippen molar-refractivity contribution in [3.63, 3.8) is 0 Å². The van der Waals surface area contributed by atoms with E-state index in [4.69, 9.17) is 18.5 Å². The Bertz CT molecular complexity index is 1010. The molecule has 0 aromatic heterocycles. The molecule has 0 bridgehead atoms. The Kier molecular flexibility index (Phi) is 37.9. The third-order valence-electron chi connectivity index (χ3n) is 9.94. The molecule has 0 amide bonds. The summed E-state index contributed by atoms with van der Waals surface area (Å²) in [5, 5.41) is 0. The maximum Gasteiger partial charge on any atom is 0.306 e. The lowest BCUT2D eigenvalue weighted by molar-refractivity contribution is -0.870. The summed E-state index contributed by atoms with van der Waals surface area (Å²) < 4.78 is 33.9. The Morgan fingerprint density at radius 1 is 0.536 bits per heavy atom. The van der Waals surface area contributed by atoms with Crippen LogP contribution in [0.15, 0.2) is 24.3 Å². The molecular weight excluding hydrogens is 725 g/mol. The molecular formula is C46H88NO8P. The highest BCUT2D eigenvalue weighted by Gasteiger charge is 2.21. The minimum Gasteiger partial charge on any atom is -0.756 e. The first-order valence-corrected chi connectivity index (χ1v) is 24.5. The maximum absolute atomic E-state index is 12.7. The second-order valence-corrected chi connectivity index (χ2v) is 18.2. The van der Waals surface area contributed by atoms with Crippen molar-refractivity contribution in [3.8, 4) is 0 Å². The number of ether oxygens (including phenoxy) is 2. The molecule has 0 aliphatic heterocycles. The summed E-state index contributed by atoms with van der Waals surface area (Å²) >= 11 is 0. The van der Waals surface area contributed by atoms with Crippen LogP contribution in [0.2, 0.25) is 0 Å². The number of allylic oxidation sites excluding steroid dienone is 4. The summed E-state index contributed by atoms with van der Waals surface area (Å²) in [6.07, 6.45) is 42.1. The number of carbonyl (C=O) groups excluding carboxylic acids is 2. The summed E-state index contributed by atoms with van der Waals surface area (Å²) in [5.74, 6) is -0.867. The number of hydrogen-bond donors (Lipinski definition) is 0. The van der Waals surface area contributed by atoms with Crippen molar-refractivity contribution in [3.05, 3.63) is 24.3 Å². The molecule has 0 rings (SSSR count). The Morgan fingerprint density at radius 2 is 0.929 bits per heavy atom. The molecule has 0 saturated carbocycles. The number of likely N-dealkylation sites (N-methyl/N-ethyl adjacent to an activating group) is 1. The number of carbonyl (C=O) groups is 2. The average Bonchev–Trinajstić information content (AvgIpc) is 3.15. The minimum atomic E-state index is -4.63. The van der Waals surface area contributed by atoms with Crippen LogP contribution >= 0.6 is 7.82 Å². The van der Waals surface area contributed by atoms with Gasteiger partial charge in [0, 0.05) is 12.8 Å². The second kappa shape index (κ2) is 39.0. The smallest absolute Gasteiger partial charge is 0.306 e. The number of phosphoric acid groups is 1. The van der Waals surface area contributed by atoms with Gasteiger partial charge in [0.1, 0.15) is 19.8 Å². The predicted octanol–water partition coefficient (Wildman–Crippen LogP) is 12.5. The lowest BCUT2D eigenvalue weighted by Gasteiger charge is -2.28. The van der Waals surface area contributed by atoms with Gasteiger partial charge in [-0.05, 0) is 57.8 Å². The van der Waals surface area contributed by atoms with E-state index in [1.165, 1.54) is 141 Å². The number of phosphoric ester groups is 1. The van der Waals surface area contributed by atoms with Gasteiger partial charge in [-0.3, -0.25) is 14.2 Å². The van der Waals surface area contributed by atoms with Crippen molar-refractivity contribution >= 4 is 19.8 Å². The van der Waals surface area contributed by atoms with E-state index in [0.29, 0.717) is 17.4 Å². The van der Waals surface area contributed by atoms with Gasteiger partial charge in [0.15, 0.2) is 6.10 Å². The molecule has 0 spiro atoms. The Hall–Kier alpha value is -1.51. The first kappa shape index (κ1) is 54.5. The molecule has 9 nitrogen and oxygen atoms in total. The Morgan fingerprint density at radius 3 is 1.41 bits per heavy atom. The number of quaternary nitrogens is 1. The summed E-state index contributed by atoms with van der Waals surface area (Å²) in [7, 11) is 1.15. The summed E-state index contributed by atoms with van der Waals surface area (Å²) in [6, 6.07) is 0. The highest BCUT2D eigenvalue weighted by Crippen LogP contribution is 2.38. The van der Waals surface area contributed by atoms with E-state index in [9.17, 15) is 19.0 Å². The van der Waals surface area contributed by atoms with Crippen molar-refractivity contribution in [1.82, 2.24) is 0 Å². The van der Waals surface area contributed by atoms with Gasteiger partial charge < -0.3 is 27.9 Å². The Labute approximate surface area is 345 Å². The summed E-state index contributed by atoms with van der Waals surface area (Å²) in [6.45, 7) is 4.20. The SMILES string of the molecule is CCCCC/C=C\CCCCCCC/C=C\CCCC(=O)O[C@H](COC(=O)CCCCCCCCCCCCCCCCC)COP(=O)([O-])OCC[N+](C)(C)C. The third-order valence-corrected chi connectivity index (χ3v) is 10.9. The minimum absolute atomic E-state index is 0.0341. The van der Waals surface area contributed by atoms with E-state index in [0.717, 1.165) is 32.1 Å². The van der Waals surface area contributed by atoms with E-state index in [2.05, 4.69) is 38.2 Å². The number of hydrogen-bond acceptors (Lipinski definition) is 8. The highest BCUT2D eigenvalue weighted by molar-refractivity contribution is 7.45. The van der Waals surface area contributed by atoms with Gasteiger partial charge >= 0.3 is 11.9 Å². The molecule has 0 N–H and O–H groups in total. The van der Waals surface area contributed by atoms with Gasteiger partial charge in [-0.1, -0.05) is 160 Å². The van der Waals surface area contributed by atoms with Crippen LogP contribution in [0, 0.1) is 0 Å². The molecule has 0 heterocycles. The normalized spacial score (nSPS) is 13.8. The lowest BCUT2D eigenvalue weighted by Crippen LogP contribution is -2.37. The third kappa shape index (κ3) is 42.1. The van der Waals surface area contributed by atoms with Crippen LogP contribution in [-0.4, -0.2) is 70.0 Å². The molecule has 56 heavy (non-hydrogen) atoms. The predicted molar refractivity (Wildman–Crippen MR) is 231 cm³/mol. The molecule has 0 fully saturated rings. The van der Waals surface area contributed by atoms with Crippen LogP contribution in [0.3, 0.4) is 0 Å². The van der Waals surface area contributed by atoms with Crippen LogP contribution in [0.1, 0.15) is 206 Å². The first-order valence-electron chi connectivity index (χ1n) is 23.0. The highest BCUT2D eigenvalue weighted by atomic mass is 31.2. The Balaban J connectivity index is 4.35. The summed E-state index contributed by atoms with van der Waals surface area (Å²) in [5.41, 5.74) is 0. The quantitative estimate of drug-likeness (QED) is 0.0197. The molecule has 1 unspecified atom stereocenters. The number of rotatable bonds is 42. The van der Waals surface area contributed by atoms with Gasteiger partial charge in [-0.15, -0.1) is 0 Å². The molecule has 2 atom stereocenters. The molecule has 0 radical (unpaired) electrons. The number of esters is 2. The van der Waals surface area contributed by atoms with Crippen molar-refractivity contribution in [2.24, 2.45) is 0 Å². The van der Waals surface area contributed by atoms with E-state index in [1.807, 2.05) is 21.1 Å². The van der Waals surface area contributed by atoms with Gasteiger partial charge in [-0.2, -0.15) is 0 Å². The molecule has 0 aliphatic rings. The molecule has 0 saturated heterocycles. The monoisotopic (exact) mass is 814 g/mol. The van der Waals surface area contributed by atoms with Crippen LogP contribution in [0.5, 0.6) is 0 Å². The number of nitrogens with zero attached hydrogens (tertiary/aromatic N) is 1. The van der Waals surface area contributed by atoms with Gasteiger partial charge in [-0.25, -0.2) is 0 Å². The fourth-order valence-electron chi connectivity index (χ4n) is 6.30. The molecule has 0 aromatic rings. The second-order valence-electron chi connectivity index (χ2n) is 16.8. The van der Waals surface area contributed by atoms with Gasteiger partial charge in [0.25, 0.3) is 7.82 Å². The standard InChI is InChI=1S/C46H88NO8P/c1-6-8-10-12-14-16-18-20-22-23-25-27-29-31-33-35-37-39-46(49)55-44(43-54-56(50,51)53-41-40-47(3,4)5)42-52-45(48)38-36-34-32-30-28-26-24-21-19-17-15-13-11-9-7-2/h14,16,31,33,44H,6-13,15,17-30,32,34-43H2,1-5H3/b16-14-,33-31-/t44-/m1/s1. The fourth-order valence-corrected chi connectivity index (χ4v) is 7.03. The zero-order valence-corrected chi connectivity index (χ0v) is 38.0. The van der Waals surface area contributed by atoms with E-state index >= 15 is 0 Å². The number of unbranched alkanes of at least 4 members (excludes halogenated alkanes) is 24. The van der Waals surface area contributed by atoms with E-state index < -0.39 is 26.5 Å². The topological polar surface area (TPSA) is 111 Å². The summed E-state index contributed by atoms with van der Waals surface area (Å²) in [4.78, 5) is 37.5. The van der Waals surface area contributed by atoms with Crippen molar-refractivity contribution in [2.75, 3.05) is 47.5 Å². The molecule has 0 aliphatic carbocycles. The zero-order valence-electron chi connectivity index (χ0n) is 37.1. The maximum atomic E-state index is 12.7. The van der Waals surface area contributed by atoms with Crippen molar-refractivity contribution in [2.45, 2.75) is 213 Å². The average molecular weight is 814 g/mol. The van der Waals surface area contributed by atoms with Crippen LogP contribution in [0.25, 0.3) is 0 Å². The molecule has 0 aromatic carbocycles. The van der Waals surface area contributed by atoms with E-state index in [1.54, 1.807) is 0 Å². The largest absolute Gasteiger partial charge is 0.756 e. The van der Waals surface area contributed by atoms with Crippen molar-refractivity contribution < 1.29 is 42.1 Å². The van der Waals surface area contributed by atoms with E-state index in [-0.39, 0.29) is 32.0 Å². The van der Waals surface area contributed by atoms with Crippen LogP contribution < -0.4 is 4.89 Å². The van der Waals surface area contributed by atoms with Crippen LogP contribution in [0.4, 0.5) is 0 Å². The lowest BCUT2D eigenvalue weighted by atomic mass is 10.0. The van der Waals surface area contributed by atoms with Gasteiger partial charge in [0.05, 0.1) is 27.7 Å². The fraction of sp³-hybridized carbons (Fsp3) is 0.870. The van der Waals surface area contributed by atoms with Crippen LogP contribution in [-0.2, 0) is 32.7 Å². The van der Waals surface area contributed by atoms with Crippen molar-refractivity contribution in [1.29, 1.82) is 0 Å². The first-order chi connectivity index (χ1) is 27.0. The zero-order chi connectivity index (χ0) is 41.4. The molecule has 330 valence electrons. The van der Waals surface area contributed by atoms with Gasteiger partial charge in [0.2, 0.25) is 0 Å².